The summed E-state index contributed by atoms with van der Waals surface area (Å²) in [6, 6.07) is 13.2. The van der Waals surface area contributed by atoms with Crippen molar-refractivity contribution in [3.05, 3.63) is 59.9 Å². The van der Waals surface area contributed by atoms with Crippen LogP contribution in [0.4, 0.5) is 15.8 Å². The number of carbonyl (C=O) groups is 2. The lowest BCUT2D eigenvalue weighted by atomic mass is 10.1. The summed E-state index contributed by atoms with van der Waals surface area (Å²) < 4.78 is 12.9. The van der Waals surface area contributed by atoms with Gasteiger partial charge in [0.1, 0.15) is 5.82 Å². The molecule has 2 aromatic carbocycles. The predicted molar refractivity (Wildman–Crippen MR) is 101 cm³/mol. The number of hydrogen-bond donors (Lipinski definition) is 2. The highest BCUT2D eigenvalue weighted by Crippen LogP contribution is 2.16. The molecule has 0 heterocycles. The Hall–Kier alpha value is -2.34. The molecule has 0 unspecified atom stereocenters. The number of aryl methyl sites for hydroxylation is 1. The van der Waals surface area contributed by atoms with Gasteiger partial charge in [-0.1, -0.05) is 19.1 Å². The first-order valence-corrected chi connectivity index (χ1v) is 9.09. The maximum atomic E-state index is 12.9. The zero-order chi connectivity index (χ0) is 18.2. The van der Waals surface area contributed by atoms with Crippen LogP contribution in [0.25, 0.3) is 0 Å². The number of anilines is 2. The Morgan fingerprint density at radius 2 is 1.56 bits per heavy atom. The average molecular weight is 360 g/mol. The predicted octanol–water partition coefficient (Wildman–Crippen LogP) is 4.09. The minimum absolute atomic E-state index is 0.157. The van der Waals surface area contributed by atoms with E-state index in [0.717, 1.165) is 12.1 Å². The molecule has 0 aliphatic rings. The van der Waals surface area contributed by atoms with Gasteiger partial charge >= 0.3 is 0 Å². The summed E-state index contributed by atoms with van der Waals surface area (Å²) in [4.78, 5) is 24.1. The second-order valence-corrected chi connectivity index (χ2v) is 6.88. The van der Waals surface area contributed by atoms with Crippen LogP contribution < -0.4 is 10.6 Å². The minimum atomic E-state index is -0.404. The number of thioether (sulfide) groups is 1. The summed E-state index contributed by atoms with van der Waals surface area (Å²) in [6.07, 6.45) is 0.949. The lowest BCUT2D eigenvalue weighted by Gasteiger charge is -2.12. The molecule has 2 rings (SSSR count). The normalized spacial score (nSPS) is 11.6. The fourth-order valence-electron chi connectivity index (χ4n) is 2.07. The molecule has 0 aliphatic carbocycles. The van der Waals surface area contributed by atoms with E-state index < -0.39 is 5.25 Å². The average Bonchev–Trinajstić information content (AvgIpc) is 2.62. The molecule has 2 N–H and O–H groups in total. The summed E-state index contributed by atoms with van der Waals surface area (Å²) in [5.74, 6) is -0.565. The van der Waals surface area contributed by atoms with Crippen LogP contribution in [-0.4, -0.2) is 22.8 Å². The van der Waals surface area contributed by atoms with Gasteiger partial charge in [0.05, 0.1) is 11.0 Å². The SMILES string of the molecule is CCc1ccc(NC(=O)CS[C@@H](C)C(=O)Nc2ccc(F)cc2)cc1. The van der Waals surface area contributed by atoms with Crippen molar-refractivity contribution in [2.24, 2.45) is 0 Å². The van der Waals surface area contributed by atoms with Gasteiger partial charge in [-0.3, -0.25) is 9.59 Å². The number of carbonyl (C=O) groups excluding carboxylic acids is 2. The van der Waals surface area contributed by atoms with Crippen LogP contribution in [0.15, 0.2) is 48.5 Å². The Balaban J connectivity index is 1.77. The van der Waals surface area contributed by atoms with Crippen LogP contribution in [0.3, 0.4) is 0 Å². The molecular weight excluding hydrogens is 339 g/mol. The number of hydrogen-bond acceptors (Lipinski definition) is 3. The van der Waals surface area contributed by atoms with E-state index in [-0.39, 0.29) is 23.4 Å². The minimum Gasteiger partial charge on any atom is -0.325 e. The molecule has 25 heavy (non-hydrogen) atoms. The molecule has 0 aromatic heterocycles. The number of nitrogens with one attached hydrogen (secondary N) is 2. The molecular formula is C19H21FN2O2S. The van der Waals surface area contributed by atoms with Crippen molar-refractivity contribution in [1.29, 1.82) is 0 Å². The molecule has 0 fully saturated rings. The molecule has 0 aliphatic heterocycles. The summed E-state index contributed by atoms with van der Waals surface area (Å²) >= 11 is 1.24. The quantitative estimate of drug-likeness (QED) is 0.782. The molecule has 0 bridgehead atoms. The van der Waals surface area contributed by atoms with Gasteiger partial charge in [0.15, 0.2) is 0 Å². The summed E-state index contributed by atoms with van der Waals surface area (Å²) in [5, 5.41) is 5.10. The molecule has 132 valence electrons. The number of amides is 2. The maximum Gasteiger partial charge on any atom is 0.237 e. The summed E-state index contributed by atoms with van der Waals surface area (Å²) in [6.45, 7) is 3.80. The van der Waals surface area contributed by atoms with Crippen molar-refractivity contribution < 1.29 is 14.0 Å². The fourth-order valence-corrected chi connectivity index (χ4v) is 2.76. The Morgan fingerprint density at radius 1 is 1.00 bits per heavy atom. The fraction of sp³-hybridized carbons (Fsp3) is 0.263. The van der Waals surface area contributed by atoms with Crippen molar-refractivity contribution in [3.8, 4) is 0 Å². The van der Waals surface area contributed by atoms with Crippen LogP contribution in [0.2, 0.25) is 0 Å². The highest BCUT2D eigenvalue weighted by Gasteiger charge is 2.15. The van der Waals surface area contributed by atoms with Gasteiger partial charge in [-0.05, 0) is 55.3 Å². The van der Waals surface area contributed by atoms with Gasteiger partial charge in [-0.15, -0.1) is 11.8 Å². The van der Waals surface area contributed by atoms with E-state index in [4.69, 9.17) is 0 Å². The third kappa shape index (κ3) is 6.23. The Bertz CT molecular complexity index is 717. The summed E-state index contributed by atoms with van der Waals surface area (Å²) in [7, 11) is 0. The van der Waals surface area contributed by atoms with Gasteiger partial charge in [-0.25, -0.2) is 4.39 Å². The lowest BCUT2D eigenvalue weighted by molar-refractivity contribution is -0.115. The third-order valence-corrected chi connectivity index (χ3v) is 4.73. The van der Waals surface area contributed by atoms with E-state index in [1.165, 1.54) is 41.6 Å². The van der Waals surface area contributed by atoms with Crippen LogP contribution in [-0.2, 0) is 16.0 Å². The zero-order valence-corrected chi connectivity index (χ0v) is 15.0. The molecule has 6 heteroatoms. The molecule has 2 aromatic rings. The summed E-state index contributed by atoms with van der Waals surface area (Å²) in [5.41, 5.74) is 2.48. The monoisotopic (exact) mass is 360 g/mol. The molecule has 1 atom stereocenters. The second-order valence-electron chi connectivity index (χ2n) is 5.55. The largest absolute Gasteiger partial charge is 0.325 e. The van der Waals surface area contributed by atoms with Crippen LogP contribution in [0, 0.1) is 5.82 Å². The molecule has 0 saturated heterocycles. The van der Waals surface area contributed by atoms with Crippen molar-refractivity contribution in [3.63, 3.8) is 0 Å². The van der Waals surface area contributed by atoms with Crippen LogP contribution in [0.5, 0.6) is 0 Å². The Morgan fingerprint density at radius 3 is 2.16 bits per heavy atom. The molecule has 0 saturated carbocycles. The highest BCUT2D eigenvalue weighted by atomic mass is 32.2. The standard InChI is InChI=1S/C19H21FN2O2S/c1-3-14-4-8-16(9-5-14)21-18(23)12-25-13(2)19(24)22-17-10-6-15(20)7-11-17/h4-11,13H,3,12H2,1-2H3,(H,21,23)(H,22,24)/t13-/m0/s1. The van der Waals surface area contributed by atoms with Crippen LogP contribution >= 0.6 is 11.8 Å². The van der Waals surface area contributed by atoms with Crippen LogP contribution in [0.1, 0.15) is 19.4 Å². The van der Waals surface area contributed by atoms with Gasteiger partial charge in [0.25, 0.3) is 0 Å². The van der Waals surface area contributed by atoms with E-state index in [0.29, 0.717) is 5.69 Å². The number of halogens is 1. The van der Waals surface area contributed by atoms with Gasteiger partial charge in [0, 0.05) is 11.4 Å². The molecule has 0 spiro atoms. The van der Waals surface area contributed by atoms with Gasteiger partial charge < -0.3 is 10.6 Å². The highest BCUT2D eigenvalue weighted by molar-refractivity contribution is 8.01. The van der Waals surface area contributed by atoms with Gasteiger partial charge in [0.2, 0.25) is 11.8 Å². The first kappa shape index (κ1) is 19.0. The first-order chi connectivity index (χ1) is 12.0. The van der Waals surface area contributed by atoms with Crippen molar-refractivity contribution >= 4 is 35.0 Å². The second kappa shape index (κ2) is 9.22. The zero-order valence-electron chi connectivity index (χ0n) is 14.2. The maximum absolute atomic E-state index is 12.9. The third-order valence-electron chi connectivity index (χ3n) is 3.59. The number of rotatable bonds is 7. The lowest BCUT2D eigenvalue weighted by Crippen LogP contribution is -2.25. The van der Waals surface area contributed by atoms with Crippen molar-refractivity contribution in [2.75, 3.05) is 16.4 Å². The molecule has 4 nitrogen and oxygen atoms in total. The number of benzene rings is 2. The van der Waals surface area contributed by atoms with E-state index in [2.05, 4.69) is 17.6 Å². The van der Waals surface area contributed by atoms with E-state index in [1.54, 1.807) is 6.92 Å². The Labute approximate surface area is 151 Å². The topological polar surface area (TPSA) is 58.2 Å². The van der Waals surface area contributed by atoms with Crippen molar-refractivity contribution in [2.45, 2.75) is 25.5 Å². The first-order valence-electron chi connectivity index (χ1n) is 8.04. The molecule has 0 radical (unpaired) electrons. The van der Waals surface area contributed by atoms with E-state index in [9.17, 15) is 14.0 Å². The van der Waals surface area contributed by atoms with E-state index >= 15 is 0 Å². The van der Waals surface area contributed by atoms with Gasteiger partial charge in [-0.2, -0.15) is 0 Å². The Kier molecular flexibility index (Phi) is 7.01. The molecule has 2 amide bonds. The van der Waals surface area contributed by atoms with E-state index in [1.807, 2.05) is 24.3 Å². The van der Waals surface area contributed by atoms with Crippen molar-refractivity contribution in [1.82, 2.24) is 0 Å². The smallest absolute Gasteiger partial charge is 0.237 e.